The minimum absolute atomic E-state index is 0.322. The molecule has 0 aliphatic carbocycles. The summed E-state index contributed by atoms with van der Waals surface area (Å²) in [6.45, 7) is 4.64. The van der Waals surface area contributed by atoms with E-state index in [0.717, 1.165) is 23.3 Å². The number of rotatable bonds is 2. The first kappa shape index (κ1) is 14.5. The number of cyclic esters (lactones) is 1. The molecule has 0 radical (unpaired) electrons. The molecule has 0 saturated carbocycles. The summed E-state index contributed by atoms with van der Waals surface area (Å²) in [5.41, 5.74) is 3.88. The van der Waals surface area contributed by atoms with E-state index in [2.05, 4.69) is 0 Å². The second-order valence-electron chi connectivity index (χ2n) is 5.35. The molecule has 5 heteroatoms. The normalized spacial score (nSPS) is 14.4. The Morgan fingerprint density at radius 2 is 1.77 bits per heavy atom. The number of ether oxygens (including phenoxy) is 1. The molecule has 0 bridgehead atoms. The summed E-state index contributed by atoms with van der Waals surface area (Å²) in [5, 5.41) is 0. The number of carbonyl (C=O) groups excluding carboxylic acids is 1. The molecule has 22 heavy (non-hydrogen) atoms. The van der Waals surface area contributed by atoms with Gasteiger partial charge < -0.3 is 4.74 Å². The molecule has 0 atom stereocenters. The molecule has 2 aromatic rings. The van der Waals surface area contributed by atoms with E-state index in [0.29, 0.717) is 30.0 Å². The van der Waals surface area contributed by atoms with Gasteiger partial charge in [0.1, 0.15) is 6.61 Å². The van der Waals surface area contributed by atoms with Crippen molar-refractivity contribution in [3.8, 4) is 11.1 Å². The van der Waals surface area contributed by atoms with Crippen LogP contribution in [0.4, 0.5) is 19.3 Å². The Balaban J connectivity index is 2.18. The number of amides is 1. The summed E-state index contributed by atoms with van der Waals surface area (Å²) in [6, 6.07) is 7.49. The number of hydrogen-bond acceptors (Lipinski definition) is 2. The summed E-state index contributed by atoms with van der Waals surface area (Å²) in [4.78, 5) is 13.4. The standard InChI is InChI=1S/C17H15F2NO2/c1-10-7-13(12-3-4-14(18)15(19)9-12)16(8-11(10)2)20-5-6-22-17(20)21/h3-4,7-9H,5-6H2,1-2H3. The highest BCUT2D eigenvalue weighted by atomic mass is 19.2. The van der Waals surface area contributed by atoms with Crippen LogP contribution in [0.25, 0.3) is 11.1 Å². The van der Waals surface area contributed by atoms with E-state index in [1.54, 1.807) is 0 Å². The predicted molar refractivity (Wildman–Crippen MR) is 80.0 cm³/mol. The molecular formula is C17H15F2NO2. The molecule has 1 aliphatic heterocycles. The second-order valence-corrected chi connectivity index (χ2v) is 5.35. The first-order chi connectivity index (χ1) is 10.5. The Hall–Kier alpha value is -2.43. The average Bonchev–Trinajstić information content (AvgIpc) is 2.90. The van der Waals surface area contributed by atoms with Crippen LogP contribution in [-0.2, 0) is 4.74 Å². The van der Waals surface area contributed by atoms with Crippen molar-refractivity contribution in [2.45, 2.75) is 13.8 Å². The summed E-state index contributed by atoms with van der Waals surface area (Å²) < 4.78 is 31.7. The van der Waals surface area contributed by atoms with E-state index in [-0.39, 0.29) is 0 Å². The van der Waals surface area contributed by atoms with E-state index in [1.807, 2.05) is 26.0 Å². The first-order valence-corrected chi connectivity index (χ1v) is 6.98. The highest BCUT2D eigenvalue weighted by Gasteiger charge is 2.26. The molecule has 0 spiro atoms. The SMILES string of the molecule is Cc1cc(-c2ccc(F)c(F)c2)c(N2CCOC2=O)cc1C. The lowest BCUT2D eigenvalue weighted by Crippen LogP contribution is -2.24. The van der Waals surface area contributed by atoms with Crippen LogP contribution < -0.4 is 4.90 Å². The molecule has 0 N–H and O–H groups in total. The third-order valence-electron chi connectivity index (χ3n) is 3.89. The van der Waals surface area contributed by atoms with Crippen LogP contribution >= 0.6 is 0 Å². The zero-order valence-electron chi connectivity index (χ0n) is 12.3. The van der Waals surface area contributed by atoms with Crippen LogP contribution in [0.5, 0.6) is 0 Å². The van der Waals surface area contributed by atoms with Crippen molar-refractivity contribution in [3.63, 3.8) is 0 Å². The second kappa shape index (κ2) is 5.40. The van der Waals surface area contributed by atoms with Gasteiger partial charge in [-0.2, -0.15) is 0 Å². The minimum Gasteiger partial charge on any atom is -0.447 e. The summed E-state index contributed by atoms with van der Waals surface area (Å²) in [5.74, 6) is -1.81. The molecule has 1 fully saturated rings. The zero-order chi connectivity index (χ0) is 15.9. The van der Waals surface area contributed by atoms with Gasteiger partial charge in [0, 0.05) is 5.56 Å². The van der Waals surface area contributed by atoms with Gasteiger partial charge in [-0.05, 0) is 54.8 Å². The molecule has 1 aliphatic rings. The van der Waals surface area contributed by atoms with Gasteiger partial charge in [-0.3, -0.25) is 4.90 Å². The summed E-state index contributed by atoms with van der Waals surface area (Å²) >= 11 is 0. The Bertz CT molecular complexity index is 759. The number of hydrogen-bond donors (Lipinski definition) is 0. The average molecular weight is 303 g/mol. The molecule has 3 rings (SSSR count). The number of nitrogens with zero attached hydrogens (tertiary/aromatic N) is 1. The number of benzene rings is 2. The van der Waals surface area contributed by atoms with Crippen molar-refractivity contribution >= 4 is 11.8 Å². The Labute approximate surface area is 127 Å². The number of carbonyl (C=O) groups is 1. The fraction of sp³-hybridized carbons (Fsp3) is 0.235. The molecule has 1 amide bonds. The van der Waals surface area contributed by atoms with Crippen molar-refractivity contribution in [3.05, 3.63) is 53.1 Å². The van der Waals surface area contributed by atoms with Gasteiger partial charge in [-0.15, -0.1) is 0 Å². The van der Waals surface area contributed by atoms with E-state index < -0.39 is 17.7 Å². The maximum absolute atomic E-state index is 13.6. The van der Waals surface area contributed by atoms with Crippen molar-refractivity contribution in [1.29, 1.82) is 0 Å². The monoisotopic (exact) mass is 303 g/mol. The Morgan fingerprint density at radius 1 is 1.05 bits per heavy atom. The van der Waals surface area contributed by atoms with Crippen LogP contribution in [0.3, 0.4) is 0 Å². The molecule has 1 saturated heterocycles. The van der Waals surface area contributed by atoms with Gasteiger partial charge in [0.05, 0.1) is 12.2 Å². The highest BCUT2D eigenvalue weighted by molar-refractivity contribution is 5.95. The molecule has 1 heterocycles. The molecule has 114 valence electrons. The minimum atomic E-state index is -0.911. The van der Waals surface area contributed by atoms with Gasteiger partial charge in [0.25, 0.3) is 0 Å². The smallest absolute Gasteiger partial charge is 0.414 e. The van der Waals surface area contributed by atoms with Gasteiger partial charge >= 0.3 is 6.09 Å². The Morgan fingerprint density at radius 3 is 2.41 bits per heavy atom. The number of aryl methyl sites for hydroxylation is 2. The van der Waals surface area contributed by atoms with Crippen molar-refractivity contribution < 1.29 is 18.3 Å². The molecule has 0 unspecified atom stereocenters. The fourth-order valence-electron chi connectivity index (χ4n) is 2.53. The van der Waals surface area contributed by atoms with Crippen molar-refractivity contribution in [2.75, 3.05) is 18.1 Å². The van der Waals surface area contributed by atoms with Crippen LogP contribution in [-0.4, -0.2) is 19.2 Å². The predicted octanol–water partition coefficient (Wildman–Crippen LogP) is 4.21. The third kappa shape index (κ3) is 2.43. The summed E-state index contributed by atoms with van der Waals surface area (Å²) in [7, 11) is 0. The molecular weight excluding hydrogens is 288 g/mol. The highest BCUT2D eigenvalue weighted by Crippen LogP contribution is 2.35. The van der Waals surface area contributed by atoms with Gasteiger partial charge in [0.2, 0.25) is 0 Å². The van der Waals surface area contributed by atoms with E-state index in [1.165, 1.54) is 11.0 Å². The quantitative estimate of drug-likeness (QED) is 0.832. The van der Waals surface area contributed by atoms with E-state index in [4.69, 9.17) is 4.74 Å². The van der Waals surface area contributed by atoms with Gasteiger partial charge in [-0.25, -0.2) is 13.6 Å². The zero-order valence-corrected chi connectivity index (χ0v) is 12.3. The molecule has 3 nitrogen and oxygen atoms in total. The maximum Gasteiger partial charge on any atom is 0.414 e. The van der Waals surface area contributed by atoms with Gasteiger partial charge in [0.15, 0.2) is 11.6 Å². The van der Waals surface area contributed by atoms with Crippen LogP contribution in [0.2, 0.25) is 0 Å². The fourth-order valence-corrected chi connectivity index (χ4v) is 2.53. The maximum atomic E-state index is 13.6. The first-order valence-electron chi connectivity index (χ1n) is 6.98. The molecule has 2 aromatic carbocycles. The lowest BCUT2D eigenvalue weighted by molar-refractivity contribution is 0.181. The van der Waals surface area contributed by atoms with Crippen molar-refractivity contribution in [2.24, 2.45) is 0 Å². The lowest BCUT2D eigenvalue weighted by atomic mass is 9.97. The number of anilines is 1. The van der Waals surface area contributed by atoms with Crippen LogP contribution in [0.15, 0.2) is 30.3 Å². The largest absolute Gasteiger partial charge is 0.447 e. The molecule has 0 aromatic heterocycles. The lowest BCUT2D eigenvalue weighted by Gasteiger charge is -2.20. The van der Waals surface area contributed by atoms with Crippen LogP contribution in [0, 0.1) is 25.5 Å². The van der Waals surface area contributed by atoms with E-state index in [9.17, 15) is 13.6 Å². The third-order valence-corrected chi connectivity index (χ3v) is 3.89. The van der Waals surface area contributed by atoms with Gasteiger partial charge in [-0.1, -0.05) is 6.07 Å². The number of halogens is 2. The van der Waals surface area contributed by atoms with Crippen LogP contribution in [0.1, 0.15) is 11.1 Å². The topological polar surface area (TPSA) is 29.5 Å². The van der Waals surface area contributed by atoms with Crippen molar-refractivity contribution in [1.82, 2.24) is 0 Å². The summed E-state index contributed by atoms with van der Waals surface area (Å²) in [6.07, 6.45) is -0.424. The van der Waals surface area contributed by atoms with E-state index >= 15 is 0 Å². The Kier molecular flexibility index (Phi) is 3.56.